The van der Waals surface area contributed by atoms with Crippen LogP contribution in [0.5, 0.6) is 0 Å². The molecule has 0 saturated heterocycles. The number of aliphatic hydroxyl groups excluding tert-OH is 1. The van der Waals surface area contributed by atoms with Gasteiger partial charge in [0.25, 0.3) is 5.92 Å². The predicted octanol–water partition coefficient (Wildman–Crippen LogP) is 5.51. The molecule has 5 rings (SSSR count). The number of carbonyl (C=O) groups excluding carboxylic acids is 1. The Morgan fingerprint density at radius 1 is 1.29 bits per heavy atom. The fraction of sp³-hybridized carbons (Fsp3) is 0.400. The molecule has 1 aromatic carbocycles. The number of aryl methyl sites for hydroxylation is 1. The monoisotopic (exact) mass is 519 g/mol. The number of ether oxygens (including phenoxy) is 1. The number of nitrogens with one attached hydrogen (secondary N) is 1. The molecule has 0 bridgehead atoms. The van der Waals surface area contributed by atoms with Gasteiger partial charge in [-0.05, 0) is 55.0 Å². The highest BCUT2D eigenvalue weighted by atomic mass is 35.5. The van der Waals surface area contributed by atoms with Crippen molar-refractivity contribution in [2.24, 2.45) is 5.92 Å². The number of halogens is 3. The molecule has 1 fully saturated rings. The molecule has 3 heterocycles. The third kappa shape index (κ3) is 4.58. The van der Waals surface area contributed by atoms with Crippen molar-refractivity contribution >= 4 is 34.5 Å². The lowest BCUT2D eigenvalue weighted by Crippen LogP contribution is -2.31. The molecular formula is C25H24ClF2N3O3S. The summed E-state index contributed by atoms with van der Waals surface area (Å²) in [7, 11) is 0. The highest BCUT2D eigenvalue weighted by molar-refractivity contribution is 7.14. The Balaban J connectivity index is 1.45. The van der Waals surface area contributed by atoms with Crippen LogP contribution in [0.25, 0.3) is 0 Å². The lowest BCUT2D eigenvalue weighted by Gasteiger charge is -2.32. The number of rotatable bonds is 5. The van der Waals surface area contributed by atoms with Crippen molar-refractivity contribution in [3.63, 3.8) is 0 Å². The minimum Gasteiger partial charge on any atom is -0.393 e. The number of carbonyl (C=O) groups is 1. The second-order valence-corrected chi connectivity index (χ2v) is 10.9. The van der Waals surface area contributed by atoms with E-state index in [0.717, 1.165) is 11.3 Å². The van der Waals surface area contributed by atoms with Gasteiger partial charge in [0.1, 0.15) is 24.9 Å². The Labute approximate surface area is 210 Å². The Hall–Kier alpha value is -2.46. The van der Waals surface area contributed by atoms with Crippen LogP contribution in [0.1, 0.15) is 62.7 Å². The maximum atomic E-state index is 14.5. The molecule has 1 aliphatic carbocycles. The molecule has 3 aromatic rings. The molecule has 2 N–H and O–H groups in total. The zero-order chi connectivity index (χ0) is 24.9. The molecule has 0 amide bonds. The molecule has 2 aromatic heterocycles. The lowest BCUT2D eigenvalue weighted by atomic mass is 9.91. The molecule has 4 atom stereocenters. The number of thiophene rings is 1. The Bertz CT molecular complexity index is 1270. The summed E-state index contributed by atoms with van der Waals surface area (Å²) in [5.74, 6) is -2.82. The fourth-order valence-electron chi connectivity index (χ4n) is 4.85. The first-order valence-electron chi connectivity index (χ1n) is 11.3. The number of fused-ring (bicyclic) bond motifs is 1. The normalized spacial score (nSPS) is 25.3. The quantitative estimate of drug-likeness (QED) is 0.432. The van der Waals surface area contributed by atoms with Crippen LogP contribution in [0.4, 0.5) is 14.6 Å². The smallest absolute Gasteiger partial charge is 0.296 e. The number of aliphatic hydroxyl groups is 1. The zero-order valence-electron chi connectivity index (χ0n) is 19.1. The van der Waals surface area contributed by atoms with E-state index in [-0.39, 0.29) is 23.3 Å². The van der Waals surface area contributed by atoms with Crippen molar-refractivity contribution in [1.29, 1.82) is 0 Å². The number of aromatic nitrogens is 2. The first-order valence-corrected chi connectivity index (χ1v) is 12.5. The van der Waals surface area contributed by atoms with E-state index in [1.165, 1.54) is 42.1 Å². The van der Waals surface area contributed by atoms with Gasteiger partial charge in [0, 0.05) is 27.7 Å². The van der Waals surface area contributed by atoms with E-state index in [4.69, 9.17) is 16.3 Å². The van der Waals surface area contributed by atoms with E-state index in [9.17, 15) is 18.7 Å². The third-order valence-corrected chi connectivity index (χ3v) is 8.02. The minimum absolute atomic E-state index is 0.000592. The third-order valence-electron chi connectivity index (χ3n) is 6.72. The number of alkyl halides is 2. The summed E-state index contributed by atoms with van der Waals surface area (Å²) in [6.45, 7) is 3.07. The number of anilines is 1. The Morgan fingerprint density at radius 2 is 2.09 bits per heavy atom. The van der Waals surface area contributed by atoms with E-state index < -0.39 is 24.7 Å². The Kier molecular flexibility index (Phi) is 6.37. The molecule has 35 heavy (non-hydrogen) atoms. The summed E-state index contributed by atoms with van der Waals surface area (Å²) in [5, 5.41) is 13.7. The highest BCUT2D eigenvalue weighted by Crippen LogP contribution is 2.45. The van der Waals surface area contributed by atoms with Crippen molar-refractivity contribution in [1.82, 2.24) is 9.97 Å². The van der Waals surface area contributed by atoms with Crippen LogP contribution in [-0.2, 0) is 10.7 Å². The SMILES string of the molecule is Cc1sc(C(=O)c2cncnc2N[C@@H]2C[C@@H](C)[C@H](O)C2)cc1[C@H]1OCC(F)(F)c2ccc(Cl)cc21. The van der Waals surface area contributed by atoms with Crippen molar-refractivity contribution < 1.29 is 23.4 Å². The van der Waals surface area contributed by atoms with E-state index in [1.807, 2.05) is 13.8 Å². The van der Waals surface area contributed by atoms with E-state index in [0.29, 0.717) is 38.8 Å². The van der Waals surface area contributed by atoms with Crippen LogP contribution in [0.2, 0.25) is 5.02 Å². The van der Waals surface area contributed by atoms with Gasteiger partial charge in [0.2, 0.25) is 5.78 Å². The molecule has 1 aliphatic heterocycles. The maximum Gasteiger partial charge on any atom is 0.296 e. The number of hydrogen-bond donors (Lipinski definition) is 2. The van der Waals surface area contributed by atoms with E-state index in [2.05, 4.69) is 15.3 Å². The number of benzene rings is 1. The standard InChI is InChI=1S/C25H24ClF2N3O3S/c1-12-5-15(7-20(12)32)31-24-18(9-29-11-30-24)22(33)21-8-16(13(2)35-21)23-17-6-14(26)3-4-19(17)25(27,28)10-34-23/h3-4,6,8-9,11-12,15,20,23,32H,5,7,10H2,1-2H3,(H,29,30,31)/t12-,15-,20-,23-/m1/s1. The van der Waals surface area contributed by atoms with Gasteiger partial charge in [0.15, 0.2) is 0 Å². The van der Waals surface area contributed by atoms with Crippen LogP contribution in [0, 0.1) is 12.8 Å². The first kappa shape index (κ1) is 24.2. The van der Waals surface area contributed by atoms with Gasteiger partial charge in [-0.25, -0.2) is 9.97 Å². The van der Waals surface area contributed by atoms with Gasteiger partial charge in [0.05, 0.1) is 16.5 Å². The average molecular weight is 520 g/mol. The molecule has 0 spiro atoms. The minimum atomic E-state index is -3.12. The van der Waals surface area contributed by atoms with Crippen molar-refractivity contribution in [2.45, 2.75) is 50.9 Å². The van der Waals surface area contributed by atoms with Crippen LogP contribution >= 0.6 is 22.9 Å². The fourth-order valence-corrected chi connectivity index (χ4v) is 6.03. The zero-order valence-corrected chi connectivity index (χ0v) is 20.7. The molecule has 0 unspecified atom stereocenters. The van der Waals surface area contributed by atoms with Gasteiger partial charge in [-0.1, -0.05) is 24.6 Å². The van der Waals surface area contributed by atoms with Crippen molar-refractivity contribution in [3.8, 4) is 0 Å². The summed E-state index contributed by atoms with van der Waals surface area (Å²) in [6.07, 6.45) is 3.03. The summed E-state index contributed by atoms with van der Waals surface area (Å²) in [6, 6.07) is 5.97. The molecule has 184 valence electrons. The second-order valence-electron chi connectivity index (χ2n) is 9.22. The summed E-state index contributed by atoms with van der Waals surface area (Å²) in [4.78, 5) is 23.0. The lowest BCUT2D eigenvalue weighted by molar-refractivity contribution is -0.115. The first-order chi connectivity index (χ1) is 16.6. The average Bonchev–Trinajstić information content (AvgIpc) is 3.34. The van der Waals surface area contributed by atoms with Gasteiger partial charge in [-0.2, -0.15) is 8.78 Å². The van der Waals surface area contributed by atoms with Crippen LogP contribution in [0.15, 0.2) is 36.8 Å². The topological polar surface area (TPSA) is 84.3 Å². The molecule has 6 nitrogen and oxygen atoms in total. The van der Waals surface area contributed by atoms with Gasteiger partial charge in [-0.3, -0.25) is 4.79 Å². The number of hydrogen-bond acceptors (Lipinski definition) is 7. The summed E-state index contributed by atoms with van der Waals surface area (Å²) >= 11 is 7.38. The number of nitrogens with zero attached hydrogens (tertiary/aromatic N) is 2. The van der Waals surface area contributed by atoms with Crippen LogP contribution in [-0.4, -0.2) is 39.6 Å². The van der Waals surface area contributed by atoms with E-state index in [1.54, 1.807) is 6.07 Å². The van der Waals surface area contributed by atoms with E-state index >= 15 is 0 Å². The maximum absolute atomic E-state index is 14.5. The summed E-state index contributed by atoms with van der Waals surface area (Å²) < 4.78 is 34.6. The predicted molar refractivity (Wildman–Crippen MR) is 129 cm³/mol. The molecule has 10 heteroatoms. The van der Waals surface area contributed by atoms with Gasteiger partial charge < -0.3 is 15.2 Å². The van der Waals surface area contributed by atoms with Crippen LogP contribution < -0.4 is 5.32 Å². The molecule has 1 saturated carbocycles. The van der Waals surface area contributed by atoms with Gasteiger partial charge in [-0.15, -0.1) is 11.3 Å². The highest BCUT2D eigenvalue weighted by Gasteiger charge is 2.42. The van der Waals surface area contributed by atoms with Gasteiger partial charge >= 0.3 is 0 Å². The number of ketones is 1. The molecule has 0 radical (unpaired) electrons. The second kappa shape index (κ2) is 9.20. The van der Waals surface area contributed by atoms with Crippen LogP contribution in [0.3, 0.4) is 0 Å². The molecular weight excluding hydrogens is 496 g/mol. The Morgan fingerprint density at radius 3 is 2.83 bits per heavy atom. The van der Waals surface area contributed by atoms with Crippen molar-refractivity contribution in [2.75, 3.05) is 11.9 Å². The van der Waals surface area contributed by atoms with Crippen molar-refractivity contribution in [3.05, 3.63) is 73.8 Å². The molecule has 2 aliphatic rings. The summed E-state index contributed by atoms with van der Waals surface area (Å²) in [5.41, 5.74) is 1.14. The largest absolute Gasteiger partial charge is 0.393 e.